The second-order valence-corrected chi connectivity index (χ2v) is 15.2. The molecular weight excluding hydrogens is 637 g/mol. The van der Waals surface area contributed by atoms with E-state index in [1.807, 2.05) is 60.9 Å². The molecule has 0 aliphatic carbocycles. The van der Waals surface area contributed by atoms with Crippen LogP contribution in [0.25, 0.3) is 22.5 Å². The fraction of sp³-hybridized carbons (Fsp3) is 0.462. The van der Waals surface area contributed by atoms with E-state index in [-0.39, 0.29) is 35.4 Å². The number of likely N-dealkylation sites (tertiary alicyclic amines) is 1. The molecule has 0 saturated carbocycles. The Morgan fingerprint density at radius 2 is 1.67 bits per heavy atom. The van der Waals surface area contributed by atoms with Gasteiger partial charge in [0.05, 0.1) is 17.8 Å². The number of rotatable bonds is 14. The number of unbranched alkanes of at least 4 members (excludes halogenated alkanes) is 3. The third-order valence-corrected chi connectivity index (χ3v) is 10.8. The average molecular weight is 685 g/mol. The number of nitrogens with one attached hydrogen (secondary N) is 1. The first-order valence-electron chi connectivity index (χ1n) is 17.4. The van der Waals surface area contributed by atoms with E-state index in [0.29, 0.717) is 25.2 Å². The maximum atomic E-state index is 13.7. The fourth-order valence-corrected chi connectivity index (χ4v) is 7.29. The number of carbonyl (C=O) groups is 3. The predicted octanol–water partition coefficient (Wildman–Crippen LogP) is 7.17. The zero-order valence-electron chi connectivity index (χ0n) is 29.0. The van der Waals surface area contributed by atoms with E-state index >= 15 is 0 Å². The molecule has 2 aromatic carbocycles. The van der Waals surface area contributed by atoms with Gasteiger partial charge in [0, 0.05) is 43.0 Å². The van der Waals surface area contributed by atoms with Gasteiger partial charge in [0.25, 0.3) is 0 Å². The number of thioether (sulfide) groups is 1. The van der Waals surface area contributed by atoms with E-state index in [0.717, 1.165) is 41.0 Å². The number of hydrogen-bond acceptors (Lipinski definition) is 7. The van der Waals surface area contributed by atoms with Crippen molar-refractivity contribution in [3.63, 3.8) is 0 Å². The summed E-state index contributed by atoms with van der Waals surface area (Å²) in [5.74, 6) is -0.480. The van der Waals surface area contributed by atoms with Crippen LogP contribution in [0, 0.1) is 11.3 Å². The van der Waals surface area contributed by atoms with Crippen LogP contribution in [0.3, 0.4) is 0 Å². The largest absolute Gasteiger partial charge is 0.494 e. The lowest BCUT2D eigenvalue weighted by atomic mass is 9.95. The van der Waals surface area contributed by atoms with Crippen molar-refractivity contribution in [1.82, 2.24) is 20.2 Å². The molecule has 2 N–H and O–H groups in total. The van der Waals surface area contributed by atoms with Crippen LogP contribution in [-0.2, 0) is 20.8 Å². The smallest absolute Gasteiger partial charge is 0.308 e. The predicted molar refractivity (Wildman–Crippen MR) is 194 cm³/mol. The van der Waals surface area contributed by atoms with Crippen LogP contribution in [0.15, 0.2) is 71.9 Å². The lowest BCUT2D eigenvalue weighted by Crippen LogP contribution is -2.51. The van der Waals surface area contributed by atoms with Crippen molar-refractivity contribution in [1.29, 1.82) is 0 Å². The molecule has 1 unspecified atom stereocenters. The first-order chi connectivity index (χ1) is 23.5. The molecule has 3 atom stereocenters. The number of carboxylic acids is 1. The molecule has 49 heavy (non-hydrogen) atoms. The highest BCUT2D eigenvalue weighted by molar-refractivity contribution is 8.04. The van der Waals surface area contributed by atoms with Gasteiger partial charge >= 0.3 is 5.97 Å². The second kappa shape index (κ2) is 16.5. The number of benzene rings is 2. The van der Waals surface area contributed by atoms with E-state index in [1.165, 1.54) is 24.2 Å². The van der Waals surface area contributed by atoms with Crippen LogP contribution in [0.5, 0.6) is 5.75 Å². The summed E-state index contributed by atoms with van der Waals surface area (Å²) in [5.41, 5.74) is 3.57. The van der Waals surface area contributed by atoms with E-state index in [9.17, 15) is 19.5 Å². The number of allylic oxidation sites excluding steroid dienone is 2. The zero-order chi connectivity index (χ0) is 35.0. The van der Waals surface area contributed by atoms with Crippen molar-refractivity contribution in [3.8, 4) is 28.3 Å². The molecule has 2 amide bonds. The minimum absolute atomic E-state index is 0.0455. The molecule has 3 heterocycles. The van der Waals surface area contributed by atoms with Crippen molar-refractivity contribution in [2.75, 3.05) is 19.7 Å². The summed E-state index contributed by atoms with van der Waals surface area (Å²) >= 11 is 1.55. The molecule has 0 radical (unpaired) electrons. The van der Waals surface area contributed by atoms with Crippen molar-refractivity contribution in [2.45, 2.75) is 83.9 Å². The van der Waals surface area contributed by atoms with Gasteiger partial charge in [0.2, 0.25) is 11.8 Å². The molecule has 5 rings (SSSR count). The van der Waals surface area contributed by atoms with Gasteiger partial charge in [-0.15, -0.1) is 11.8 Å². The van der Waals surface area contributed by atoms with Crippen LogP contribution in [0.1, 0.15) is 71.8 Å². The first-order valence-corrected chi connectivity index (χ1v) is 18.2. The van der Waals surface area contributed by atoms with Crippen LogP contribution in [-0.4, -0.2) is 68.7 Å². The Hall–Kier alpha value is -4.18. The number of aliphatic carboxylic acids is 1. The normalized spacial score (nSPS) is 18.2. The Kier molecular flexibility index (Phi) is 12.1. The van der Waals surface area contributed by atoms with Crippen LogP contribution < -0.4 is 10.1 Å². The number of carboxylic acid groups (broad SMARTS) is 1. The van der Waals surface area contributed by atoms with E-state index in [1.54, 1.807) is 16.7 Å². The molecule has 1 saturated heterocycles. The summed E-state index contributed by atoms with van der Waals surface area (Å²) in [4.78, 5) is 50.6. The molecule has 0 spiro atoms. The van der Waals surface area contributed by atoms with Gasteiger partial charge in [-0.3, -0.25) is 14.4 Å². The number of ether oxygens (including phenoxy) is 1. The highest BCUT2D eigenvalue weighted by Gasteiger charge is 2.37. The molecule has 10 heteroatoms. The van der Waals surface area contributed by atoms with Crippen LogP contribution >= 0.6 is 11.8 Å². The zero-order valence-corrected chi connectivity index (χ0v) is 29.8. The van der Waals surface area contributed by atoms with Gasteiger partial charge in [-0.05, 0) is 52.8 Å². The summed E-state index contributed by atoms with van der Waals surface area (Å²) in [7, 11) is 0. The number of aromatic nitrogens is 2. The molecule has 260 valence electrons. The van der Waals surface area contributed by atoms with E-state index in [2.05, 4.69) is 49.1 Å². The Labute approximate surface area is 294 Å². The third-order valence-electron chi connectivity index (χ3n) is 9.04. The summed E-state index contributed by atoms with van der Waals surface area (Å²) in [6.07, 6.45) is 11.7. The first kappa shape index (κ1) is 36.1. The maximum Gasteiger partial charge on any atom is 0.308 e. The second-order valence-electron chi connectivity index (χ2n) is 14.0. The number of carbonyl (C=O) groups excluding carboxylic acids is 2. The number of hydrogen-bond donors (Lipinski definition) is 2. The fourth-order valence-electron chi connectivity index (χ4n) is 6.07. The Balaban J connectivity index is 1.22. The van der Waals surface area contributed by atoms with E-state index < -0.39 is 17.9 Å². The summed E-state index contributed by atoms with van der Waals surface area (Å²) in [5, 5.41) is 12.2. The summed E-state index contributed by atoms with van der Waals surface area (Å²) in [6, 6.07) is 14.9. The van der Waals surface area contributed by atoms with Gasteiger partial charge in [0.15, 0.2) is 5.82 Å². The standard InChI is InChI=1S/C39H48N4O5S/c1-5-6-7-8-21-48-31-15-13-27(14-16-31)30-23-40-35(41-24-30)28-11-9-26(10-12-28)22-32(37(45)43-20-19-29(25-43)38(46)47)42-36(44)33-17-18-34(49-33)39(2,3)4/h9-16,18,23-24,29,32-33H,5-8,17,19-22,25H2,1-4H3,(H,42,44)(H,46,47)/t29-,32-,33?/m0/s1. The van der Waals surface area contributed by atoms with Crippen molar-refractivity contribution >= 4 is 29.5 Å². The average Bonchev–Trinajstić information content (AvgIpc) is 3.80. The Bertz CT molecular complexity index is 1620. The van der Waals surface area contributed by atoms with Gasteiger partial charge in [-0.2, -0.15) is 0 Å². The van der Waals surface area contributed by atoms with Crippen molar-refractivity contribution in [2.24, 2.45) is 11.3 Å². The van der Waals surface area contributed by atoms with Crippen LogP contribution in [0.4, 0.5) is 0 Å². The molecule has 1 aromatic heterocycles. The molecule has 3 aromatic rings. The minimum atomic E-state index is -0.902. The third kappa shape index (κ3) is 9.71. The molecule has 0 bridgehead atoms. The van der Waals surface area contributed by atoms with Gasteiger partial charge in [0.1, 0.15) is 11.8 Å². The number of amides is 2. The van der Waals surface area contributed by atoms with E-state index in [4.69, 9.17) is 4.74 Å². The monoisotopic (exact) mass is 684 g/mol. The Morgan fingerprint density at radius 3 is 2.29 bits per heavy atom. The molecule has 1 fully saturated rings. The SMILES string of the molecule is CCCCCCOc1ccc(-c2cnc(-c3ccc(C[C@H](NC(=O)C4CC=C(C(C)(C)C)S4)C(=O)N4CC[C@H](C(=O)O)C4)cc3)nc2)cc1. The summed E-state index contributed by atoms with van der Waals surface area (Å²) in [6.45, 7) is 9.81. The quantitative estimate of drug-likeness (QED) is 0.172. The topological polar surface area (TPSA) is 122 Å². The van der Waals surface area contributed by atoms with Crippen LogP contribution in [0.2, 0.25) is 0 Å². The lowest BCUT2D eigenvalue weighted by molar-refractivity contribution is -0.142. The van der Waals surface area contributed by atoms with Crippen molar-refractivity contribution < 1.29 is 24.2 Å². The van der Waals surface area contributed by atoms with Crippen molar-refractivity contribution in [3.05, 3.63) is 77.5 Å². The Morgan fingerprint density at radius 1 is 0.980 bits per heavy atom. The molecular formula is C39H48N4O5S. The molecule has 9 nitrogen and oxygen atoms in total. The van der Waals surface area contributed by atoms with Gasteiger partial charge in [-0.1, -0.05) is 89.4 Å². The maximum absolute atomic E-state index is 13.7. The molecule has 2 aliphatic rings. The number of nitrogens with zero attached hydrogens (tertiary/aromatic N) is 3. The summed E-state index contributed by atoms with van der Waals surface area (Å²) < 4.78 is 5.87. The molecule has 2 aliphatic heterocycles. The highest BCUT2D eigenvalue weighted by Crippen LogP contribution is 2.43. The highest BCUT2D eigenvalue weighted by atomic mass is 32.2. The van der Waals surface area contributed by atoms with Gasteiger partial charge < -0.3 is 20.1 Å². The van der Waals surface area contributed by atoms with Gasteiger partial charge in [-0.25, -0.2) is 9.97 Å². The minimum Gasteiger partial charge on any atom is -0.494 e. The lowest BCUT2D eigenvalue weighted by Gasteiger charge is -2.26.